The molecule has 0 saturated heterocycles. The first-order valence-corrected chi connectivity index (χ1v) is 8.62. The largest absolute Gasteiger partial charge is 0.402 e. The molecule has 0 N–H and O–H groups in total. The van der Waals surface area contributed by atoms with Gasteiger partial charge in [-0.2, -0.15) is 17.5 Å². The summed E-state index contributed by atoms with van der Waals surface area (Å²) < 4.78 is 61.6. The van der Waals surface area contributed by atoms with Crippen LogP contribution in [0.5, 0.6) is 0 Å². The first-order valence-electron chi connectivity index (χ1n) is 5.89. The van der Waals surface area contributed by atoms with Crippen molar-refractivity contribution in [3.8, 4) is 0 Å². The molecular weight excluding hydrogens is 359 g/mol. The van der Waals surface area contributed by atoms with Gasteiger partial charge < -0.3 is 0 Å². The van der Waals surface area contributed by atoms with E-state index in [1.165, 1.54) is 0 Å². The Morgan fingerprint density at radius 1 is 1.15 bits per heavy atom. The van der Waals surface area contributed by atoms with Gasteiger partial charge in [0, 0.05) is 11.9 Å². The minimum absolute atomic E-state index is 0.160. The molecular formula is C12H15BrF3NO2S. The molecule has 3 nitrogen and oxygen atoms in total. The number of halogens is 4. The van der Waals surface area contributed by atoms with Crippen molar-refractivity contribution in [2.75, 3.05) is 24.2 Å². The SMILES string of the molecule is O=S(=O)(CCc1ccccc1)N(CCBr)CC(F)(F)F. The highest BCUT2D eigenvalue weighted by Crippen LogP contribution is 2.19. The van der Waals surface area contributed by atoms with Crippen LogP contribution >= 0.6 is 15.9 Å². The molecule has 20 heavy (non-hydrogen) atoms. The monoisotopic (exact) mass is 373 g/mol. The molecule has 1 rings (SSSR count). The van der Waals surface area contributed by atoms with Crippen LogP contribution in [0.25, 0.3) is 0 Å². The Labute approximate surface area is 125 Å². The van der Waals surface area contributed by atoms with Crippen LogP contribution in [0.15, 0.2) is 30.3 Å². The van der Waals surface area contributed by atoms with Gasteiger partial charge >= 0.3 is 6.18 Å². The zero-order valence-corrected chi connectivity index (χ0v) is 13.0. The van der Waals surface area contributed by atoms with Gasteiger partial charge in [-0.25, -0.2) is 8.42 Å². The van der Waals surface area contributed by atoms with E-state index >= 15 is 0 Å². The van der Waals surface area contributed by atoms with Gasteiger partial charge in [-0.05, 0) is 12.0 Å². The first-order chi connectivity index (χ1) is 9.24. The number of hydrogen-bond acceptors (Lipinski definition) is 2. The zero-order chi connectivity index (χ0) is 15.2. The van der Waals surface area contributed by atoms with Crippen LogP contribution in [0.2, 0.25) is 0 Å². The van der Waals surface area contributed by atoms with Crippen LogP contribution in [0.3, 0.4) is 0 Å². The molecule has 0 saturated carbocycles. The molecule has 1 aromatic rings. The Balaban J connectivity index is 2.72. The third-order valence-corrected chi connectivity index (χ3v) is 4.75. The Hall–Kier alpha value is -0.600. The van der Waals surface area contributed by atoms with Gasteiger partial charge in [0.2, 0.25) is 10.0 Å². The summed E-state index contributed by atoms with van der Waals surface area (Å²) in [5, 5.41) is 0.160. The number of benzene rings is 1. The van der Waals surface area contributed by atoms with E-state index in [1.807, 2.05) is 0 Å². The topological polar surface area (TPSA) is 37.4 Å². The maximum atomic E-state index is 12.4. The van der Waals surface area contributed by atoms with Gasteiger partial charge in [0.05, 0.1) is 5.75 Å². The van der Waals surface area contributed by atoms with Crippen molar-refractivity contribution in [3.05, 3.63) is 35.9 Å². The van der Waals surface area contributed by atoms with E-state index in [4.69, 9.17) is 0 Å². The summed E-state index contributed by atoms with van der Waals surface area (Å²) in [6, 6.07) is 8.79. The second kappa shape index (κ2) is 7.42. The van der Waals surface area contributed by atoms with Crippen molar-refractivity contribution < 1.29 is 21.6 Å². The van der Waals surface area contributed by atoms with Gasteiger partial charge in [0.15, 0.2) is 0 Å². The predicted molar refractivity (Wildman–Crippen MR) is 75.4 cm³/mol. The molecule has 0 atom stereocenters. The second-order valence-corrected chi connectivity index (χ2v) is 7.07. The van der Waals surface area contributed by atoms with Gasteiger partial charge in [-0.3, -0.25) is 0 Å². The number of hydrogen-bond donors (Lipinski definition) is 0. The van der Waals surface area contributed by atoms with E-state index in [2.05, 4.69) is 15.9 Å². The standard InChI is InChI=1S/C12H15BrF3NO2S/c13-7-8-17(10-12(14,15)16)20(18,19)9-6-11-4-2-1-3-5-11/h1-5H,6-10H2. The van der Waals surface area contributed by atoms with Gasteiger partial charge in [-0.1, -0.05) is 46.3 Å². The van der Waals surface area contributed by atoms with Crippen molar-refractivity contribution in [2.45, 2.75) is 12.6 Å². The Bertz CT molecular complexity index is 505. The fourth-order valence-corrected chi connectivity index (χ4v) is 3.76. The van der Waals surface area contributed by atoms with Crippen molar-refractivity contribution in [3.63, 3.8) is 0 Å². The molecule has 114 valence electrons. The Morgan fingerprint density at radius 3 is 2.25 bits per heavy atom. The average Bonchev–Trinajstić information content (AvgIpc) is 2.36. The molecule has 0 aliphatic heterocycles. The lowest BCUT2D eigenvalue weighted by atomic mass is 10.2. The molecule has 1 aromatic carbocycles. The maximum Gasteiger partial charge on any atom is 0.402 e. The maximum absolute atomic E-state index is 12.4. The van der Waals surface area contributed by atoms with E-state index in [9.17, 15) is 21.6 Å². The highest BCUT2D eigenvalue weighted by atomic mass is 79.9. The third kappa shape index (κ3) is 6.23. The minimum Gasteiger partial charge on any atom is -0.212 e. The number of sulfonamides is 1. The molecule has 0 unspecified atom stereocenters. The fraction of sp³-hybridized carbons (Fsp3) is 0.500. The predicted octanol–water partition coefficient (Wildman–Crippen LogP) is 2.82. The zero-order valence-electron chi connectivity index (χ0n) is 10.6. The van der Waals surface area contributed by atoms with Gasteiger partial charge in [0.25, 0.3) is 0 Å². The van der Waals surface area contributed by atoms with Crippen LogP contribution in [-0.2, 0) is 16.4 Å². The van der Waals surface area contributed by atoms with Crippen LogP contribution in [0, 0.1) is 0 Å². The normalized spacial score (nSPS) is 12.8. The molecule has 0 spiro atoms. The van der Waals surface area contributed by atoms with Crippen LogP contribution < -0.4 is 0 Å². The average molecular weight is 374 g/mol. The third-order valence-electron chi connectivity index (χ3n) is 2.57. The molecule has 8 heteroatoms. The van der Waals surface area contributed by atoms with Gasteiger partial charge in [-0.15, -0.1) is 0 Å². The smallest absolute Gasteiger partial charge is 0.212 e. The van der Waals surface area contributed by atoms with Crippen LogP contribution in [0.1, 0.15) is 5.56 Å². The van der Waals surface area contributed by atoms with E-state index in [1.54, 1.807) is 30.3 Å². The highest BCUT2D eigenvalue weighted by Gasteiger charge is 2.35. The molecule has 0 bridgehead atoms. The fourth-order valence-electron chi connectivity index (χ4n) is 1.63. The minimum atomic E-state index is -4.54. The van der Waals surface area contributed by atoms with Crippen LogP contribution in [0.4, 0.5) is 13.2 Å². The molecule has 0 fully saturated rings. The number of aryl methyl sites for hydroxylation is 1. The number of nitrogens with zero attached hydrogens (tertiary/aromatic N) is 1. The Morgan fingerprint density at radius 2 is 1.75 bits per heavy atom. The van der Waals surface area contributed by atoms with E-state index in [0.717, 1.165) is 5.56 Å². The molecule has 0 aliphatic carbocycles. The lowest BCUT2D eigenvalue weighted by Crippen LogP contribution is -2.41. The lowest BCUT2D eigenvalue weighted by Gasteiger charge is -2.22. The quantitative estimate of drug-likeness (QED) is 0.689. The van der Waals surface area contributed by atoms with Crippen molar-refractivity contribution in [2.24, 2.45) is 0 Å². The summed E-state index contributed by atoms with van der Waals surface area (Å²) in [4.78, 5) is 0. The molecule has 0 heterocycles. The number of rotatable bonds is 7. The summed E-state index contributed by atoms with van der Waals surface area (Å²) in [5.41, 5.74) is 0.780. The lowest BCUT2D eigenvalue weighted by molar-refractivity contribution is -0.135. The summed E-state index contributed by atoms with van der Waals surface area (Å²) in [5.74, 6) is -0.333. The van der Waals surface area contributed by atoms with Crippen molar-refractivity contribution in [1.29, 1.82) is 0 Å². The molecule has 0 aromatic heterocycles. The van der Waals surface area contributed by atoms with Crippen LogP contribution in [-0.4, -0.2) is 43.1 Å². The summed E-state index contributed by atoms with van der Waals surface area (Å²) in [7, 11) is -3.93. The van der Waals surface area contributed by atoms with E-state index in [-0.39, 0.29) is 24.0 Å². The number of alkyl halides is 4. The summed E-state index contributed by atoms with van der Waals surface area (Å²) >= 11 is 2.97. The van der Waals surface area contributed by atoms with Gasteiger partial charge in [0.1, 0.15) is 6.54 Å². The van der Waals surface area contributed by atoms with Crippen molar-refractivity contribution in [1.82, 2.24) is 4.31 Å². The Kier molecular flexibility index (Phi) is 6.47. The summed E-state index contributed by atoms with van der Waals surface area (Å²) in [6.45, 7) is -1.65. The second-order valence-electron chi connectivity index (χ2n) is 4.19. The molecule has 0 aliphatic rings. The molecule has 0 radical (unpaired) electrons. The van der Waals surface area contributed by atoms with Crippen molar-refractivity contribution >= 4 is 26.0 Å². The summed E-state index contributed by atoms with van der Waals surface area (Å²) in [6.07, 6.45) is -4.35. The van der Waals surface area contributed by atoms with E-state index < -0.39 is 22.7 Å². The van der Waals surface area contributed by atoms with E-state index in [0.29, 0.717) is 4.31 Å². The first kappa shape index (κ1) is 17.5. The highest BCUT2D eigenvalue weighted by molar-refractivity contribution is 9.09. The molecule has 0 amide bonds.